The number of pyridine rings is 2. The third-order valence-electron chi connectivity index (χ3n) is 5.18. The number of nitrogens with zero attached hydrogens (tertiary/aromatic N) is 6. The molecule has 9 heteroatoms. The lowest BCUT2D eigenvalue weighted by Gasteiger charge is -2.37. The number of hydrogen-bond donors (Lipinski definition) is 1. The van der Waals surface area contributed by atoms with E-state index < -0.39 is 0 Å². The summed E-state index contributed by atoms with van der Waals surface area (Å²) in [6.07, 6.45) is 5.98. The molecule has 2 aliphatic rings. The molecule has 4 heterocycles. The fourth-order valence-electron chi connectivity index (χ4n) is 3.64. The summed E-state index contributed by atoms with van der Waals surface area (Å²) in [5, 5.41) is 5.14. The van der Waals surface area contributed by atoms with Gasteiger partial charge < -0.3 is 14.7 Å². The van der Waals surface area contributed by atoms with Gasteiger partial charge in [-0.2, -0.15) is 5.10 Å². The van der Waals surface area contributed by atoms with Crippen molar-refractivity contribution in [3.05, 3.63) is 48.5 Å². The van der Waals surface area contributed by atoms with Crippen LogP contribution < -0.4 is 15.2 Å². The highest BCUT2D eigenvalue weighted by atomic mass is 32.1. The Kier molecular flexibility index (Phi) is 5.66. The highest BCUT2D eigenvalue weighted by molar-refractivity contribution is 7.80. The summed E-state index contributed by atoms with van der Waals surface area (Å²) in [5.74, 6) is 0.00819. The predicted octanol–water partition coefficient (Wildman–Crippen LogP) is 1.63. The van der Waals surface area contributed by atoms with Gasteiger partial charge in [0.05, 0.1) is 11.4 Å². The van der Waals surface area contributed by atoms with Crippen LogP contribution >= 0.6 is 12.2 Å². The Morgan fingerprint density at radius 2 is 1.86 bits per heavy atom. The molecule has 1 N–H and O–H groups in total. The van der Waals surface area contributed by atoms with Crippen LogP contribution in [0.5, 0.6) is 0 Å². The number of carbonyl (C=O) groups excluding carboxylic acids is 1. The highest BCUT2D eigenvalue weighted by Gasteiger charge is 2.25. The summed E-state index contributed by atoms with van der Waals surface area (Å²) < 4.78 is 0. The van der Waals surface area contributed by atoms with Crippen LogP contribution in [0.4, 0.5) is 11.4 Å². The number of amides is 1. The smallest absolute Gasteiger partial charge is 0.223 e. The number of anilines is 2. The average Bonchev–Trinajstić information content (AvgIpc) is 2.77. The van der Waals surface area contributed by atoms with Gasteiger partial charge in [0, 0.05) is 70.3 Å². The zero-order chi connectivity index (χ0) is 20.2. The van der Waals surface area contributed by atoms with Gasteiger partial charge in [-0.3, -0.25) is 20.2 Å². The number of rotatable bonds is 2. The van der Waals surface area contributed by atoms with Crippen molar-refractivity contribution >= 4 is 40.3 Å². The number of piperazine rings is 1. The largest absolute Gasteiger partial charge is 0.368 e. The zero-order valence-corrected chi connectivity index (χ0v) is 17.1. The van der Waals surface area contributed by atoms with Gasteiger partial charge >= 0.3 is 0 Å². The van der Waals surface area contributed by atoms with E-state index in [2.05, 4.69) is 30.3 Å². The van der Waals surface area contributed by atoms with E-state index in [0.717, 1.165) is 43.3 Å². The first-order valence-corrected chi connectivity index (χ1v) is 10.0. The second kappa shape index (κ2) is 8.52. The number of hydrazone groups is 1. The van der Waals surface area contributed by atoms with E-state index in [1.165, 1.54) is 5.69 Å². The summed E-state index contributed by atoms with van der Waals surface area (Å²) in [7, 11) is 0. The van der Waals surface area contributed by atoms with Crippen LogP contribution in [-0.4, -0.2) is 64.3 Å². The second-order valence-corrected chi connectivity index (χ2v) is 7.33. The van der Waals surface area contributed by atoms with Crippen molar-refractivity contribution in [3.8, 4) is 0 Å². The molecule has 1 amide bonds. The van der Waals surface area contributed by atoms with Crippen LogP contribution in [0, 0.1) is 0 Å². The monoisotopic (exact) mass is 409 g/mol. The number of fused-ring (bicyclic) bond motifs is 1. The number of thiocarbonyl (C=S) groups is 1. The van der Waals surface area contributed by atoms with Crippen LogP contribution in [-0.2, 0) is 4.79 Å². The molecule has 0 saturated carbocycles. The lowest BCUT2D eigenvalue weighted by Crippen LogP contribution is -2.51. The molecule has 0 atom stereocenters. The van der Waals surface area contributed by atoms with Crippen molar-refractivity contribution in [2.75, 3.05) is 42.5 Å². The molecular weight excluding hydrogens is 386 g/mol. The Labute approximate surface area is 175 Å². The molecule has 0 aliphatic carbocycles. The number of carbonyl (C=O) groups is 1. The molecule has 0 radical (unpaired) electrons. The van der Waals surface area contributed by atoms with Crippen LogP contribution in [0.15, 0.2) is 48.0 Å². The maximum absolute atomic E-state index is 11.9. The Bertz CT molecular complexity index is 925. The first-order chi connectivity index (χ1) is 14.1. The van der Waals surface area contributed by atoms with Crippen LogP contribution in [0.2, 0.25) is 0 Å². The Morgan fingerprint density at radius 3 is 2.59 bits per heavy atom. The summed E-state index contributed by atoms with van der Waals surface area (Å²) in [6.45, 7) is 5.59. The van der Waals surface area contributed by atoms with E-state index in [-0.39, 0.29) is 5.91 Å². The van der Waals surface area contributed by atoms with E-state index in [4.69, 9.17) is 12.2 Å². The quantitative estimate of drug-likeness (QED) is 0.597. The van der Waals surface area contributed by atoms with Gasteiger partial charge in [0.1, 0.15) is 5.69 Å². The van der Waals surface area contributed by atoms with Gasteiger partial charge in [0.2, 0.25) is 5.91 Å². The molecular formula is C20H23N7OS. The topological polar surface area (TPSA) is 77.0 Å². The fraction of sp³-hybridized carbons (Fsp3) is 0.350. The molecule has 2 aromatic rings. The van der Waals surface area contributed by atoms with Gasteiger partial charge in [-0.15, -0.1) is 0 Å². The molecule has 2 aliphatic heterocycles. The molecule has 4 rings (SSSR count). The summed E-state index contributed by atoms with van der Waals surface area (Å²) in [4.78, 5) is 26.6. The van der Waals surface area contributed by atoms with Gasteiger partial charge in [0.15, 0.2) is 5.11 Å². The molecule has 0 bridgehead atoms. The maximum Gasteiger partial charge on any atom is 0.223 e. The third kappa shape index (κ3) is 4.19. The molecule has 0 spiro atoms. The molecule has 29 heavy (non-hydrogen) atoms. The molecule has 0 unspecified atom stereocenters. The van der Waals surface area contributed by atoms with Crippen molar-refractivity contribution in [2.45, 2.75) is 13.3 Å². The van der Waals surface area contributed by atoms with Gasteiger partial charge in [-0.25, -0.2) is 0 Å². The van der Waals surface area contributed by atoms with E-state index in [9.17, 15) is 4.79 Å². The van der Waals surface area contributed by atoms with E-state index >= 15 is 0 Å². The first-order valence-electron chi connectivity index (χ1n) is 9.63. The zero-order valence-electron chi connectivity index (χ0n) is 16.3. The first kappa shape index (κ1) is 19.3. The van der Waals surface area contributed by atoms with Gasteiger partial charge in [-0.05, 0) is 36.5 Å². The predicted molar refractivity (Wildman–Crippen MR) is 117 cm³/mol. The van der Waals surface area contributed by atoms with Crippen LogP contribution in [0.25, 0.3) is 0 Å². The van der Waals surface area contributed by atoms with E-state index in [0.29, 0.717) is 18.1 Å². The molecule has 0 aromatic carbocycles. The number of nitrogens with one attached hydrogen (secondary N) is 1. The molecule has 8 nitrogen and oxygen atoms in total. The summed E-state index contributed by atoms with van der Waals surface area (Å²) in [5.41, 5.74) is 6.55. The van der Waals surface area contributed by atoms with Crippen molar-refractivity contribution in [1.82, 2.24) is 20.3 Å². The molecule has 150 valence electrons. The van der Waals surface area contributed by atoms with E-state index in [1.807, 2.05) is 36.7 Å². The SMILES string of the molecule is CC(=O)N1CC/C(=N/NC(=S)N2CCN(c3ccncc3)CC2)c2ncccc21. The summed E-state index contributed by atoms with van der Waals surface area (Å²) in [6, 6.07) is 7.78. The van der Waals surface area contributed by atoms with E-state index in [1.54, 1.807) is 18.0 Å². The molecule has 1 saturated heterocycles. The Hall–Kier alpha value is -3.07. The second-order valence-electron chi connectivity index (χ2n) is 6.95. The minimum atomic E-state index is 0.00819. The number of hydrogen-bond acceptors (Lipinski definition) is 6. The fourth-order valence-corrected chi connectivity index (χ4v) is 3.87. The van der Waals surface area contributed by atoms with Crippen molar-refractivity contribution in [1.29, 1.82) is 0 Å². The van der Waals surface area contributed by atoms with Crippen molar-refractivity contribution < 1.29 is 4.79 Å². The third-order valence-corrected chi connectivity index (χ3v) is 5.53. The van der Waals surface area contributed by atoms with Crippen molar-refractivity contribution in [2.24, 2.45) is 5.10 Å². The van der Waals surface area contributed by atoms with Gasteiger partial charge in [0.25, 0.3) is 0 Å². The standard InChI is InChI=1S/C20H23N7OS/c1-15(28)27-10-6-17(19-18(27)3-2-7-22-19)23-24-20(29)26-13-11-25(12-14-26)16-4-8-21-9-5-16/h2-5,7-9H,6,10-14H2,1H3,(H,24,29)/b23-17-. The molecule has 1 fully saturated rings. The average molecular weight is 410 g/mol. The minimum absolute atomic E-state index is 0.00819. The highest BCUT2D eigenvalue weighted by Crippen LogP contribution is 2.25. The Morgan fingerprint density at radius 1 is 1.10 bits per heavy atom. The lowest BCUT2D eigenvalue weighted by atomic mass is 10.1. The molecule has 2 aromatic heterocycles. The van der Waals surface area contributed by atoms with Crippen LogP contribution in [0.1, 0.15) is 19.0 Å². The normalized spacial score (nSPS) is 17.8. The van der Waals surface area contributed by atoms with Gasteiger partial charge in [-0.1, -0.05) is 0 Å². The maximum atomic E-state index is 11.9. The minimum Gasteiger partial charge on any atom is -0.368 e. The van der Waals surface area contributed by atoms with Crippen molar-refractivity contribution in [3.63, 3.8) is 0 Å². The Balaban J connectivity index is 1.39. The summed E-state index contributed by atoms with van der Waals surface area (Å²) >= 11 is 5.56. The number of aromatic nitrogens is 2. The van der Waals surface area contributed by atoms with Crippen LogP contribution in [0.3, 0.4) is 0 Å². The lowest BCUT2D eigenvalue weighted by molar-refractivity contribution is -0.116.